The monoisotopic (exact) mass is 292 g/mol. The Kier molecular flexibility index (Phi) is 4.93. The average molecular weight is 292 g/mol. The van der Waals surface area contributed by atoms with Crippen LogP contribution < -0.4 is 16.0 Å². The van der Waals surface area contributed by atoms with E-state index in [1.165, 1.54) is 13.2 Å². The molecule has 1 heterocycles. The van der Waals surface area contributed by atoms with Gasteiger partial charge in [0.2, 0.25) is 0 Å². The van der Waals surface area contributed by atoms with Gasteiger partial charge in [0, 0.05) is 19.2 Å². The second kappa shape index (κ2) is 6.69. The van der Waals surface area contributed by atoms with Gasteiger partial charge in [-0.2, -0.15) is 5.10 Å². The fourth-order valence-corrected chi connectivity index (χ4v) is 2.31. The van der Waals surface area contributed by atoms with Crippen LogP contribution in [0.1, 0.15) is 29.9 Å². The van der Waals surface area contributed by atoms with Gasteiger partial charge in [0.05, 0.1) is 18.8 Å². The number of benzene rings is 1. The molecule has 1 unspecified atom stereocenters. The van der Waals surface area contributed by atoms with E-state index in [1.54, 1.807) is 12.1 Å². The highest BCUT2D eigenvalue weighted by Gasteiger charge is 2.16. The van der Waals surface area contributed by atoms with Crippen molar-refractivity contribution in [1.29, 1.82) is 0 Å². The molecule has 0 aliphatic heterocycles. The number of hydrazine groups is 1. The van der Waals surface area contributed by atoms with E-state index in [1.807, 2.05) is 11.7 Å². The number of rotatable bonds is 6. The van der Waals surface area contributed by atoms with Gasteiger partial charge < -0.3 is 4.74 Å². The van der Waals surface area contributed by atoms with Crippen molar-refractivity contribution in [2.45, 2.75) is 25.8 Å². The predicted molar refractivity (Wildman–Crippen MR) is 79.3 cm³/mol. The third-order valence-electron chi connectivity index (χ3n) is 3.58. The summed E-state index contributed by atoms with van der Waals surface area (Å²) in [5.74, 6) is 5.49. The van der Waals surface area contributed by atoms with Crippen molar-refractivity contribution in [2.24, 2.45) is 12.9 Å². The Labute approximate surface area is 123 Å². The van der Waals surface area contributed by atoms with Crippen LogP contribution in [-0.4, -0.2) is 16.9 Å². The van der Waals surface area contributed by atoms with E-state index in [-0.39, 0.29) is 17.6 Å². The van der Waals surface area contributed by atoms with E-state index in [0.717, 1.165) is 23.4 Å². The van der Waals surface area contributed by atoms with Crippen LogP contribution in [0, 0.1) is 5.82 Å². The molecule has 114 valence electrons. The van der Waals surface area contributed by atoms with Gasteiger partial charge in [-0.05, 0) is 30.2 Å². The van der Waals surface area contributed by atoms with E-state index in [4.69, 9.17) is 10.6 Å². The third-order valence-corrected chi connectivity index (χ3v) is 3.58. The van der Waals surface area contributed by atoms with Crippen LogP contribution in [0.4, 0.5) is 4.39 Å². The van der Waals surface area contributed by atoms with Crippen molar-refractivity contribution in [3.8, 4) is 5.75 Å². The standard InChI is InChI=1S/C15H21FN4O/c1-4-11-8-12(20(2)19-11)9-14(18-17)10-5-6-13(16)15(7-10)21-3/h5-8,14,18H,4,9,17H2,1-3H3. The number of ether oxygens (including phenoxy) is 1. The van der Waals surface area contributed by atoms with Crippen LogP contribution in [0.25, 0.3) is 0 Å². The fraction of sp³-hybridized carbons (Fsp3) is 0.400. The minimum Gasteiger partial charge on any atom is -0.494 e. The largest absolute Gasteiger partial charge is 0.494 e. The SMILES string of the molecule is CCc1cc(CC(NN)c2ccc(F)c(OC)c2)n(C)n1. The van der Waals surface area contributed by atoms with Crippen LogP contribution in [0.5, 0.6) is 5.75 Å². The Morgan fingerprint density at radius 2 is 2.19 bits per heavy atom. The summed E-state index contributed by atoms with van der Waals surface area (Å²) in [5, 5.41) is 4.42. The zero-order valence-corrected chi connectivity index (χ0v) is 12.6. The number of nitrogens with two attached hydrogens (primary N) is 1. The first-order chi connectivity index (χ1) is 10.1. The van der Waals surface area contributed by atoms with Gasteiger partial charge in [0.15, 0.2) is 11.6 Å². The molecule has 1 atom stereocenters. The lowest BCUT2D eigenvalue weighted by Gasteiger charge is -2.17. The molecule has 0 radical (unpaired) electrons. The zero-order chi connectivity index (χ0) is 15.4. The van der Waals surface area contributed by atoms with Crippen LogP contribution >= 0.6 is 0 Å². The van der Waals surface area contributed by atoms with E-state index in [9.17, 15) is 4.39 Å². The van der Waals surface area contributed by atoms with Gasteiger partial charge in [0.25, 0.3) is 0 Å². The van der Waals surface area contributed by atoms with Crippen molar-refractivity contribution in [3.05, 3.63) is 47.0 Å². The highest BCUT2D eigenvalue weighted by atomic mass is 19.1. The first kappa shape index (κ1) is 15.5. The van der Waals surface area contributed by atoms with E-state index in [2.05, 4.69) is 23.5 Å². The molecule has 0 spiro atoms. The summed E-state index contributed by atoms with van der Waals surface area (Å²) in [5.41, 5.74) is 5.75. The lowest BCUT2D eigenvalue weighted by Crippen LogP contribution is -2.30. The predicted octanol–water partition coefficient (Wildman–Crippen LogP) is 1.88. The summed E-state index contributed by atoms with van der Waals surface area (Å²) in [6.45, 7) is 2.07. The number of hydrogen-bond donors (Lipinski definition) is 2. The second-order valence-corrected chi connectivity index (χ2v) is 4.92. The minimum atomic E-state index is -0.383. The maximum absolute atomic E-state index is 13.5. The minimum absolute atomic E-state index is 0.139. The summed E-state index contributed by atoms with van der Waals surface area (Å²) in [6, 6.07) is 6.68. The molecule has 0 aliphatic carbocycles. The van der Waals surface area contributed by atoms with E-state index in [0.29, 0.717) is 6.42 Å². The van der Waals surface area contributed by atoms with Gasteiger partial charge in [-0.1, -0.05) is 13.0 Å². The molecule has 0 bridgehead atoms. The Morgan fingerprint density at radius 3 is 2.76 bits per heavy atom. The molecule has 1 aromatic heterocycles. The molecule has 0 fully saturated rings. The average Bonchev–Trinajstić information content (AvgIpc) is 2.85. The maximum atomic E-state index is 13.5. The molecule has 6 heteroatoms. The topological polar surface area (TPSA) is 65.1 Å². The number of hydrogen-bond acceptors (Lipinski definition) is 4. The van der Waals surface area contributed by atoms with Crippen LogP contribution in [0.2, 0.25) is 0 Å². The number of halogens is 1. The van der Waals surface area contributed by atoms with Crippen molar-refractivity contribution >= 4 is 0 Å². The summed E-state index contributed by atoms with van der Waals surface area (Å²) in [7, 11) is 3.36. The summed E-state index contributed by atoms with van der Waals surface area (Å²) in [6.07, 6.45) is 1.55. The fourth-order valence-electron chi connectivity index (χ4n) is 2.31. The zero-order valence-electron chi connectivity index (χ0n) is 12.6. The first-order valence-corrected chi connectivity index (χ1v) is 6.90. The van der Waals surface area contributed by atoms with E-state index < -0.39 is 0 Å². The lowest BCUT2D eigenvalue weighted by molar-refractivity contribution is 0.384. The molecule has 0 amide bonds. The lowest BCUT2D eigenvalue weighted by atomic mass is 10.0. The Bertz CT molecular complexity index is 612. The molecular formula is C15H21FN4O. The molecule has 0 saturated carbocycles. The highest BCUT2D eigenvalue weighted by Crippen LogP contribution is 2.24. The molecule has 2 aromatic rings. The van der Waals surface area contributed by atoms with E-state index >= 15 is 0 Å². The van der Waals surface area contributed by atoms with Crippen molar-refractivity contribution in [3.63, 3.8) is 0 Å². The van der Waals surface area contributed by atoms with Crippen LogP contribution in [0.3, 0.4) is 0 Å². The van der Waals surface area contributed by atoms with Gasteiger partial charge in [-0.25, -0.2) is 4.39 Å². The molecule has 21 heavy (non-hydrogen) atoms. The normalized spacial score (nSPS) is 12.4. The van der Waals surface area contributed by atoms with Crippen molar-refractivity contribution in [1.82, 2.24) is 15.2 Å². The maximum Gasteiger partial charge on any atom is 0.165 e. The highest BCUT2D eigenvalue weighted by molar-refractivity contribution is 5.33. The molecule has 3 N–H and O–H groups in total. The van der Waals surface area contributed by atoms with Gasteiger partial charge in [-0.3, -0.25) is 16.0 Å². The van der Waals surface area contributed by atoms with Crippen LogP contribution in [0.15, 0.2) is 24.3 Å². The van der Waals surface area contributed by atoms with Gasteiger partial charge in [-0.15, -0.1) is 0 Å². The smallest absolute Gasteiger partial charge is 0.165 e. The summed E-state index contributed by atoms with van der Waals surface area (Å²) < 4.78 is 20.4. The Morgan fingerprint density at radius 1 is 1.43 bits per heavy atom. The Balaban J connectivity index is 2.25. The number of nitrogens with one attached hydrogen (secondary N) is 1. The molecule has 1 aromatic carbocycles. The molecule has 2 rings (SSSR count). The quantitative estimate of drug-likeness (QED) is 0.630. The molecule has 5 nitrogen and oxygen atoms in total. The molecular weight excluding hydrogens is 271 g/mol. The van der Waals surface area contributed by atoms with Crippen LogP contribution in [-0.2, 0) is 19.9 Å². The number of methoxy groups -OCH3 is 1. The van der Waals surface area contributed by atoms with Gasteiger partial charge >= 0.3 is 0 Å². The number of aryl methyl sites for hydroxylation is 2. The third kappa shape index (κ3) is 3.40. The molecule has 0 saturated heterocycles. The first-order valence-electron chi connectivity index (χ1n) is 6.90. The van der Waals surface area contributed by atoms with Crippen molar-refractivity contribution in [2.75, 3.05) is 7.11 Å². The summed E-state index contributed by atoms with van der Waals surface area (Å²) in [4.78, 5) is 0. The number of aromatic nitrogens is 2. The van der Waals surface area contributed by atoms with Gasteiger partial charge in [0.1, 0.15) is 0 Å². The molecule has 0 aliphatic rings. The van der Waals surface area contributed by atoms with Crippen molar-refractivity contribution < 1.29 is 9.13 Å². The Hall–Kier alpha value is -1.92. The summed E-state index contributed by atoms with van der Waals surface area (Å²) >= 11 is 0. The number of nitrogens with zero attached hydrogens (tertiary/aromatic N) is 2. The second-order valence-electron chi connectivity index (χ2n) is 4.92.